The lowest BCUT2D eigenvalue weighted by Crippen LogP contribution is -2.72. The summed E-state index contributed by atoms with van der Waals surface area (Å²) < 4.78 is 33.0. The third-order valence-electron chi connectivity index (χ3n) is 4.26. The summed E-state index contributed by atoms with van der Waals surface area (Å²) in [6.45, 7) is 0.755. The molecule has 1 aliphatic rings. The van der Waals surface area contributed by atoms with Crippen molar-refractivity contribution in [2.45, 2.75) is 22.6 Å². The van der Waals surface area contributed by atoms with E-state index in [4.69, 9.17) is 4.74 Å². The van der Waals surface area contributed by atoms with Crippen molar-refractivity contribution in [3.8, 4) is 5.75 Å². The van der Waals surface area contributed by atoms with Gasteiger partial charge in [-0.05, 0) is 49.1 Å². The minimum Gasteiger partial charge on any atom is -0.496 e. The first kappa shape index (κ1) is 20.2. The number of rotatable bonds is 6. The smallest absolute Gasteiger partial charge is 0.328 e. The number of thioether (sulfide) groups is 1. The minimum atomic E-state index is -3.72. The van der Waals surface area contributed by atoms with E-state index < -0.39 is 10.0 Å². The third-order valence-corrected chi connectivity index (χ3v) is 6.37. The quantitative estimate of drug-likeness (QED) is 0.611. The Morgan fingerprint density at radius 2 is 2.04 bits per heavy atom. The van der Waals surface area contributed by atoms with Gasteiger partial charge in [0.2, 0.25) is 0 Å². The molecule has 0 unspecified atom stereocenters. The van der Waals surface area contributed by atoms with Gasteiger partial charge in [-0.1, -0.05) is 6.07 Å². The average Bonchev–Trinajstić information content (AvgIpc) is 3.19. The molecule has 3 N–H and O–H groups in total. The van der Waals surface area contributed by atoms with Crippen molar-refractivity contribution in [2.75, 3.05) is 25.2 Å². The maximum Gasteiger partial charge on any atom is 0.328 e. The van der Waals surface area contributed by atoms with Crippen LogP contribution in [0.1, 0.15) is 23.2 Å². The number of nitrogens with one attached hydrogen (secondary N) is 3. The van der Waals surface area contributed by atoms with Gasteiger partial charge in [0, 0.05) is 10.6 Å². The number of benzene rings is 2. The van der Waals surface area contributed by atoms with Crippen LogP contribution in [-0.2, 0) is 10.0 Å². The zero-order valence-corrected chi connectivity index (χ0v) is 17.2. The molecule has 1 heterocycles. The molecule has 0 aromatic heterocycles. The predicted molar refractivity (Wildman–Crippen MR) is 110 cm³/mol. The summed E-state index contributed by atoms with van der Waals surface area (Å²) in [5, 5.41) is 2.74. The van der Waals surface area contributed by atoms with Gasteiger partial charge < -0.3 is 10.1 Å². The normalized spacial score (nSPS) is 13.7. The molecule has 3 rings (SSSR count). The fourth-order valence-electron chi connectivity index (χ4n) is 2.83. The first-order valence-electron chi connectivity index (χ1n) is 8.69. The number of anilines is 1. The lowest BCUT2D eigenvalue weighted by Gasteiger charge is -2.11. The largest absolute Gasteiger partial charge is 0.496 e. The number of methoxy groups -OCH3 is 1. The predicted octanol–water partition coefficient (Wildman–Crippen LogP) is 1.22. The molecule has 9 heteroatoms. The molecule has 2 aromatic carbocycles. The van der Waals surface area contributed by atoms with Crippen LogP contribution in [0.25, 0.3) is 0 Å². The van der Waals surface area contributed by atoms with Crippen LogP contribution in [0.5, 0.6) is 5.75 Å². The van der Waals surface area contributed by atoms with Gasteiger partial charge in [0.05, 0.1) is 25.6 Å². The molecule has 148 valence electrons. The number of amidine groups is 1. The number of ether oxygens (including phenoxy) is 1. The summed E-state index contributed by atoms with van der Waals surface area (Å²) in [6.07, 6.45) is 3.50. The van der Waals surface area contributed by atoms with Gasteiger partial charge in [0.1, 0.15) is 10.6 Å². The molecule has 0 atom stereocenters. The van der Waals surface area contributed by atoms with E-state index in [-0.39, 0.29) is 10.8 Å². The van der Waals surface area contributed by atoms with Crippen LogP contribution in [-0.4, -0.2) is 40.1 Å². The molecule has 2 aromatic rings. The average molecular weight is 421 g/mol. The van der Waals surface area contributed by atoms with Crippen LogP contribution in [0.15, 0.2) is 52.3 Å². The van der Waals surface area contributed by atoms with Gasteiger partial charge in [0.15, 0.2) is 0 Å². The molecule has 1 aliphatic heterocycles. The molecule has 0 saturated heterocycles. The lowest BCUT2D eigenvalue weighted by molar-refractivity contribution is -0.448. The molecular formula is C19H22N3O4S2+. The Hall–Kier alpha value is -2.52. The van der Waals surface area contributed by atoms with E-state index in [0.29, 0.717) is 29.3 Å². The number of carbonyl (C=O) groups is 1. The first-order valence-corrected chi connectivity index (χ1v) is 11.4. The van der Waals surface area contributed by atoms with E-state index in [1.54, 1.807) is 36.0 Å². The van der Waals surface area contributed by atoms with E-state index >= 15 is 0 Å². The van der Waals surface area contributed by atoms with Crippen molar-refractivity contribution >= 4 is 39.2 Å². The van der Waals surface area contributed by atoms with Crippen LogP contribution in [0.3, 0.4) is 0 Å². The van der Waals surface area contributed by atoms with Gasteiger partial charge in [-0.3, -0.25) is 9.79 Å². The Morgan fingerprint density at radius 1 is 1.21 bits per heavy atom. The summed E-state index contributed by atoms with van der Waals surface area (Å²) in [5.41, 5.74) is 0.755. The van der Waals surface area contributed by atoms with Crippen molar-refractivity contribution in [1.82, 2.24) is 4.72 Å². The van der Waals surface area contributed by atoms with Crippen molar-refractivity contribution in [3.63, 3.8) is 0 Å². The van der Waals surface area contributed by atoms with E-state index in [9.17, 15) is 13.2 Å². The summed E-state index contributed by atoms with van der Waals surface area (Å²) in [4.78, 5) is 16.7. The monoisotopic (exact) mass is 420 g/mol. The molecule has 0 bridgehead atoms. The number of hydrogen-bond acceptors (Lipinski definition) is 5. The highest BCUT2D eigenvalue weighted by Gasteiger charge is 2.24. The fraction of sp³-hybridized carbons (Fsp3) is 0.263. The highest BCUT2D eigenvalue weighted by atomic mass is 32.2. The van der Waals surface area contributed by atoms with Gasteiger partial charge in [-0.2, -0.15) is 13.1 Å². The zero-order chi connectivity index (χ0) is 20.1. The van der Waals surface area contributed by atoms with Crippen LogP contribution in [0.4, 0.5) is 5.69 Å². The standard InChI is InChI=1S/C19H21N3O4S2/c1-26-17-12-14(27-2)8-9-16(17)19(23)21-13-5-3-6-15(11-13)28(24,25)22-18-7-4-10-20-18/h3,5-6,8-9,11-12H,4,7,10H2,1-2H3,(H,20,22)(H,21,23)/p+1. The van der Waals surface area contributed by atoms with Crippen molar-refractivity contribution in [2.24, 2.45) is 0 Å². The molecule has 0 fully saturated rings. The molecule has 0 radical (unpaired) electrons. The number of hydrogen-bond donors (Lipinski definition) is 3. The van der Waals surface area contributed by atoms with Crippen molar-refractivity contribution in [3.05, 3.63) is 48.0 Å². The molecule has 7 nitrogen and oxygen atoms in total. The number of sulfonamides is 1. The van der Waals surface area contributed by atoms with Crippen molar-refractivity contribution < 1.29 is 22.9 Å². The molecule has 0 saturated carbocycles. The fourth-order valence-corrected chi connectivity index (χ4v) is 4.41. The summed E-state index contributed by atoms with van der Waals surface area (Å²) in [7, 11) is -2.21. The second kappa shape index (κ2) is 8.66. The topological polar surface area (TPSA) is 98.5 Å². The van der Waals surface area contributed by atoms with Crippen LogP contribution >= 0.6 is 11.8 Å². The second-order valence-electron chi connectivity index (χ2n) is 6.16. The summed E-state index contributed by atoms with van der Waals surface area (Å²) in [6, 6.07) is 11.4. The Morgan fingerprint density at radius 3 is 2.71 bits per heavy atom. The van der Waals surface area contributed by atoms with Gasteiger partial charge in [-0.15, -0.1) is 11.8 Å². The molecule has 28 heavy (non-hydrogen) atoms. The highest BCUT2D eigenvalue weighted by molar-refractivity contribution is 7.98. The van der Waals surface area contributed by atoms with Crippen LogP contribution in [0, 0.1) is 0 Å². The highest BCUT2D eigenvalue weighted by Crippen LogP contribution is 2.26. The molecule has 1 amide bonds. The maximum absolute atomic E-state index is 12.7. The van der Waals surface area contributed by atoms with Crippen LogP contribution in [0.2, 0.25) is 0 Å². The minimum absolute atomic E-state index is 0.0798. The van der Waals surface area contributed by atoms with Gasteiger partial charge in [0.25, 0.3) is 11.7 Å². The first-order chi connectivity index (χ1) is 13.4. The van der Waals surface area contributed by atoms with Crippen molar-refractivity contribution in [1.29, 1.82) is 0 Å². The maximum atomic E-state index is 12.7. The SMILES string of the molecule is COc1cc(SC)ccc1C(=O)Nc1cccc(S(=O)(=O)NC2=[NH+]CCC2)c1. The number of carbonyl (C=O) groups excluding carboxylic acids is 1. The molecule has 0 aliphatic carbocycles. The van der Waals surface area contributed by atoms with E-state index in [2.05, 4.69) is 15.0 Å². The van der Waals surface area contributed by atoms with Gasteiger partial charge in [-0.25, -0.2) is 0 Å². The Labute approximate surface area is 168 Å². The molecular weight excluding hydrogens is 398 g/mol. The van der Waals surface area contributed by atoms with Crippen LogP contribution < -0.4 is 19.8 Å². The Kier molecular flexibility index (Phi) is 6.25. The molecule has 0 spiro atoms. The number of amides is 1. The Balaban J connectivity index is 1.80. The summed E-state index contributed by atoms with van der Waals surface area (Å²) in [5.74, 6) is 0.672. The third kappa shape index (κ3) is 4.66. The van der Waals surface area contributed by atoms with E-state index in [0.717, 1.165) is 17.9 Å². The summed E-state index contributed by atoms with van der Waals surface area (Å²) >= 11 is 1.55. The van der Waals surface area contributed by atoms with Gasteiger partial charge >= 0.3 is 10.0 Å². The second-order valence-corrected chi connectivity index (χ2v) is 8.72. The van der Waals surface area contributed by atoms with E-state index in [1.165, 1.54) is 19.2 Å². The van der Waals surface area contributed by atoms with E-state index in [1.807, 2.05) is 12.3 Å². The lowest BCUT2D eigenvalue weighted by atomic mass is 10.2. The zero-order valence-electron chi connectivity index (χ0n) is 15.6. The Bertz CT molecular complexity index is 1020.